The SMILES string of the molecule is CCN1CCC2(CCC1=O)CC(NC(=O)Cc1ccc(C)cc1)c1ccccc1O2. The molecule has 2 amide bonds. The van der Waals surface area contributed by atoms with Crippen LogP contribution in [0.25, 0.3) is 0 Å². The first-order valence-corrected chi connectivity index (χ1v) is 10.9. The Balaban J connectivity index is 1.53. The molecule has 2 aliphatic rings. The number of carbonyl (C=O) groups excluding carboxylic acids is 2. The fraction of sp³-hybridized carbons (Fsp3) is 0.440. The number of nitrogens with zero attached hydrogens (tertiary/aromatic N) is 1. The molecule has 5 heteroatoms. The molecule has 0 radical (unpaired) electrons. The largest absolute Gasteiger partial charge is 0.487 e. The van der Waals surface area contributed by atoms with E-state index >= 15 is 0 Å². The van der Waals surface area contributed by atoms with E-state index in [1.165, 1.54) is 5.56 Å². The molecule has 158 valence electrons. The van der Waals surface area contributed by atoms with Crippen LogP contribution in [0.3, 0.4) is 0 Å². The van der Waals surface area contributed by atoms with E-state index in [1.807, 2.05) is 67.3 Å². The summed E-state index contributed by atoms with van der Waals surface area (Å²) in [6.07, 6.45) is 3.00. The summed E-state index contributed by atoms with van der Waals surface area (Å²) in [4.78, 5) is 27.2. The van der Waals surface area contributed by atoms with Crippen LogP contribution in [-0.4, -0.2) is 35.4 Å². The van der Waals surface area contributed by atoms with Gasteiger partial charge in [-0.15, -0.1) is 0 Å². The topological polar surface area (TPSA) is 58.6 Å². The maximum absolute atomic E-state index is 12.9. The van der Waals surface area contributed by atoms with E-state index in [9.17, 15) is 9.59 Å². The number of ether oxygens (including phenoxy) is 1. The fourth-order valence-electron chi connectivity index (χ4n) is 4.61. The number of fused-ring (bicyclic) bond motifs is 1. The van der Waals surface area contributed by atoms with Crippen LogP contribution < -0.4 is 10.1 Å². The Labute approximate surface area is 178 Å². The number of likely N-dealkylation sites (tertiary alicyclic amines) is 1. The second-order valence-electron chi connectivity index (χ2n) is 8.53. The molecular weight excluding hydrogens is 376 g/mol. The van der Waals surface area contributed by atoms with Crippen molar-refractivity contribution in [2.45, 2.75) is 57.6 Å². The first kappa shape index (κ1) is 20.5. The lowest BCUT2D eigenvalue weighted by atomic mass is 9.82. The number of carbonyl (C=O) groups is 2. The van der Waals surface area contributed by atoms with Gasteiger partial charge in [-0.05, 0) is 31.9 Å². The highest BCUT2D eigenvalue weighted by atomic mass is 16.5. The highest BCUT2D eigenvalue weighted by Gasteiger charge is 2.43. The van der Waals surface area contributed by atoms with E-state index in [4.69, 9.17) is 4.74 Å². The Morgan fingerprint density at radius 2 is 1.93 bits per heavy atom. The van der Waals surface area contributed by atoms with E-state index < -0.39 is 5.60 Å². The number of amides is 2. The van der Waals surface area contributed by atoms with Crippen molar-refractivity contribution in [3.63, 3.8) is 0 Å². The van der Waals surface area contributed by atoms with Crippen molar-refractivity contribution in [3.05, 3.63) is 65.2 Å². The van der Waals surface area contributed by atoms with Crippen molar-refractivity contribution < 1.29 is 14.3 Å². The minimum atomic E-state index is -0.421. The zero-order chi connectivity index (χ0) is 21.1. The minimum absolute atomic E-state index is 0.00980. The molecule has 2 unspecified atom stereocenters. The van der Waals surface area contributed by atoms with Crippen LogP contribution in [0.4, 0.5) is 0 Å². The third kappa shape index (κ3) is 4.35. The number of rotatable bonds is 4. The van der Waals surface area contributed by atoms with E-state index in [0.717, 1.165) is 29.8 Å². The first-order valence-electron chi connectivity index (χ1n) is 10.9. The predicted molar refractivity (Wildman–Crippen MR) is 116 cm³/mol. The van der Waals surface area contributed by atoms with Crippen LogP contribution in [0, 0.1) is 6.92 Å². The molecule has 2 atom stereocenters. The second-order valence-corrected chi connectivity index (χ2v) is 8.53. The summed E-state index contributed by atoms with van der Waals surface area (Å²) in [5.74, 6) is 1.02. The zero-order valence-electron chi connectivity index (χ0n) is 17.8. The summed E-state index contributed by atoms with van der Waals surface area (Å²) >= 11 is 0. The summed E-state index contributed by atoms with van der Waals surface area (Å²) in [7, 11) is 0. The van der Waals surface area contributed by atoms with Gasteiger partial charge in [0.1, 0.15) is 11.4 Å². The molecule has 2 aliphatic heterocycles. The van der Waals surface area contributed by atoms with Gasteiger partial charge in [0.05, 0.1) is 12.5 Å². The van der Waals surface area contributed by atoms with E-state index in [2.05, 4.69) is 5.32 Å². The van der Waals surface area contributed by atoms with Crippen LogP contribution in [0.2, 0.25) is 0 Å². The van der Waals surface area contributed by atoms with Crippen LogP contribution in [0.15, 0.2) is 48.5 Å². The fourth-order valence-corrected chi connectivity index (χ4v) is 4.61. The van der Waals surface area contributed by atoms with Crippen molar-refractivity contribution in [2.24, 2.45) is 0 Å². The van der Waals surface area contributed by atoms with Gasteiger partial charge in [-0.2, -0.15) is 0 Å². The van der Waals surface area contributed by atoms with Crippen molar-refractivity contribution in [1.82, 2.24) is 10.2 Å². The van der Waals surface area contributed by atoms with Crippen LogP contribution in [-0.2, 0) is 16.0 Å². The van der Waals surface area contributed by atoms with Gasteiger partial charge >= 0.3 is 0 Å². The quantitative estimate of drug-likeness (QED) is 0.836. The molecule has 4 rings (SSSR count). The normalized spacial score (nSPS) is 23.5. The average molecular weight is 407 g/mol. The average Bonchev–Trinajstić information content (AvgIpc) is 2.88. The summed E-state index contributed by atoms with van der Waals surface area (Å²) in [6.45, 7) is 5.48. The number of aryl methyl sites for hydroxylation is 1. The summed E-state index contributed by atoms with van der Waals surface area (Å²) in [5, 5.41) is 3.25. The first-order chi connectivity index (χ1) is 14.5. The van der Waals surface area contributed by atoms with Crippen LogP contribution in [0.5, 0.6) is 5.75 Å². The molecular formula is C25H30N2O3. The van der Waals surface area contributed by atoms with Gasteiger partial charge in [-0.1, -0.05) is 48.0 Å². The van der Waals surface area contributed by atoms with Gasteiger partial charge in [0, 0.05) is 37.9 Å². The summed E-state index contributed by atoms with van der Waals surface area (Å²) < 4.78 is 6.49. The van der Waals surface area contributed by atoms with E-state index in [0.29, 0.717) is 32.2 Å². The maximum atomic E-state index is 12.9. The lowest BCUT2D eigenvalue weighted by Crippen LogP contribution is -2.46. The minimum Gasteiger partial charge on any atom is -0.487 e. The summed E-state index contributed by atoms with van der Waals surface area (Å²) in [6, 6.07) is 15.9. The highest BCUT2D eigenvalue weighted by molar-refractivity contribution is 5.79. The van der Waals surface area contributed by atoms with Crippen molar-refractivity contribution >= 4 is 11.8 Å². The molecule has 5 nitrogen and oxygen atoms in total. The van der Waals surface area contributed by atoms with Crippen LogP contribution in [0.1, 0.15) is 55.3 Å². The van der Waals surface area contributed by atoms with Crippen LogP contribution >= 0.6 is 0 Å². The molecule has 1 N–H and O–H groups in total. The Bertz CT molecular complexity index is 924. The molecule has 0 aromatic heterocycles. The number of hydrogen-bond donors (Lipinski definition) is 1. The number of hydrogen-bond acceptors (Lipinski definition) is 3. The van der Waals surface area contributed by atoms with Gasteiger partial charge in [0.25, 0.3) is 0 Å². The molecule has 0 saturated carbocycles. The Kier molecular flexibility index (Phi) is 5.80. The highest BCUT2D eigenvalue weighted by Crippen LogP contribution is 2.44. The summed E-state index contributed by atoms with van der Waals surface area (Å²) in [5.41, 5.74) is 2.79. The van der Waals surface area contributed by atoms with Crippen molar-refractivity contribution in [3.8, 4) is 5.75 Å². The van der Waals surface area contributed by atoms with Gasteiger partial charge < -0.3 is 15.0 Å². The molecule has 2 aromatic rings. The van der Waals surface area contributed by atoms with Gasteiger partial charge in [0.15, 0.2) is 0 Å². The molecule has 1 saturated heterocycles. The molecule has 0 bridgehead atoms. The van der Waals surface area contributed by atoms with Crippen molar-refractivity contribution in [1.29, 1.82) is 0 Å². The van der Waals surface area contributed by atoms with Crippen molar-refractivity contribution in [2.75, 3.05) is 13.1 Å². The monoisotopic (exact) mass is 406 g/mol. The molecule has 1 spiro atoms. The number of para-hydroxylation sites is 1. The molecule has 2 heterocycles. The van der Waals surface area contributed by atoms with E-state index in [1.54, 1.807) is 0 Å². The maximum Gasteiger partial charge on any atom is 0.224 e. The smallest absolute Gasteiger partial charge is 0.224 e. The lowest BCUT2D eigenvalue weighted by Gasteiger charge is -2.42. The van der Waals surface area contributed by atoms with Gasteiger partial charge in [-0.25, -0.2) is 0 Å². The Morgan fingerprint density at radius 3 is 2.70 bits per heavy atom. The Morgan fingerprint density at radius 1 is 1.17 bits per heavy atom. The molecule has 2 aromatic carbocycles. The molecule has 1 fully saturated rings. The predicted octanol–water partition coefficient (Wildman–Crippen LogP) is 3.95. The van der Waals surface area contributed by atoms with Gasteiger partial charge in [0.2, 0.25) is 11.8 Å². The van der Waals surface area contributed by atoms with E-state index in [-0.39, 0.29) is 17.9 Å². The second kappa shape index (κ2) is 8.50. The molecule has 30 heavy (non-hydrogen) atoms. The Hall–Kier alpha value is -2.82. The standard InChI is InChI=1S/C25H30N2O3/c1-3-27-15-14-25(13-12-24(27)29)17-21(20-6-4-5-7-22(20)30-25)26-23(28)16-19-10-8-18(2)9-11-19/h4-11,21H,3,12-17H2,1-2H3,(H,26,28). The number of benzene rings is 2. The third-order valence-corrected chi connectivity index (χ3v) is 6.38. The number of nitrogens with one attached hydrogen (secondary N) is 1. The third-order valence-electron chi connectivity index (χ3n) is 6.38. The molecule has 0 aliphatic carbocycles. The zero-order valence-corrected chi connectivity index (χ0v) is 17.8. The van der Waals surface area contributed by atoms with Gasteiger partial charge in [-0.3, -0.25) is 9.59 Å². The lowest BCUT2D eigenvalue weighted by molar-refractivity contribution is -0.130.